The lowest BCUT2D eigenvalue weighted by molar-refractivity contribution is -0.120. The number of hydrogen-bond acceptors (Lipinski definition) is 4. The van der Waals surface area contributed by atoms with E-state index in [1.165, 1.54) is 0 Å². The molecular weight excluding hydrogens is 366 g/mol. The second-order valence-electron chi connectivity index (χ2n) is 6.48. The number of phenolic OH excluding ortho intramolecular Hbond substituents is 1. The summed E-state index contributed by atoms with van der Waals surface area (Å²) in [5, 5.41) is 14.0. The van der Waals surface area contributed by atoms with E-state index in [2.05, 4.69) is 5.32 Å². The van der Waals surface area contributed by atoms with Crippen LogP contribution in [0.5, 0.6) is 5.75 Å². The predicted molar refractivity (Wildman–Crippen MR) is 105 cm³/mol. The number of aromatic hydroxyl groups is 1. The zero-order valence-electron chi connectivity index (χ0n) is 15.1. The molecule has 0 unspecified atom stereocenters. The Labute approximate surface area is 161 Å². The number of phenols is 1. The van der Waals surface area contributed by atoms with Crippen LogP contribution >= 0.6 is 11.6 Å². The third-order valence-corrected chi connectivity index (χ3v) is 4.91. The van der Waals surface area contributed by atoms with E-state index in [9.17, 15) is 14.7 Å². The Morgan fingerprint density at radius 1 is 1.11 bits per heavy atom. The van der Waals surface area contributed by atoms with Gasteiger partial charge in [0.25, 0.3) is 0 Å². The van der Waals surface area contributed by atoms with Gasteiger partial charge in [0, 0.05) is 22.5 Å². The maximum atomic E-state index is 12.3. The van der Waals surface area contributed by atoms with Crippen molar-refractivity contribution in [1.29, 1.82) is 0 Å². The fraction of sp³-hybridized carbons (Fsp3) is 0.238. The van der Waals surface area contributed by atoms with Crippen LogP contribution in [0.1, 0.15) is 22.3 Å². The van der Waals surface area contributed by atoms with Gasteiger partial charge < -0.3 is 14.8 Å². The van der Waals surface area contributed by atoms with Crippen molar-refractivity contribution >= 4 is 28.5 Å². The molecule has 140 valence electrons. The molecule has 0 radical (unpaired) electrons. The van der Waals surface area contributed by atoms with E-state index in [4.69, 9.17) is 16.0 Å². The molecule has 0 saturated heterocycles. The van der Waals surface area contributed by atoms with Crippen molar-refractivity contribution in [2.75, 3.05) is 6.54 Å². The fourth-order valence-corrected chi connectivity index (χ4v) is 3.13. The topological polar surface area (TPSA) is 79.5 Å². The summed E-state index contributed by atoms with van der Waals surface area (Å²) in [6.45, 7) is 3.93. The van der Waals surface area contributed by atoms with Crippen molar-refractivity contribution in [3.8, 4) is 5.75 Å². The summed E-state index contributed by atoms with van der Waals surface area (Å²) < 4.78 is 5.36. The number of carbonyl (C=O) groups excluding carboxylic acids is 1. The van der Waals surface area contributed by atoms with E-state index >= 15 is 0 Å². The van der Waals surface area contributed by atoms with Gasteiger partial charge in [0.1, 0.15) is 11.3 Å². The maximum absolute atomic E-state index is 12.3. The molecule has 0 fully saturated rings. The van der Waals surface area contributed by atoms with E-state index in [1.54, 1.807) is 26.0 Å². The minimum absolute atomic E-state index is 0.0509. The Morgan fingerprint density at radius 3 is 2.52 bits per heavy atom. The van der Waals surface area contributed by atoms with Crippen molar-refractivity contribution < 1.29 is 14.3 Å². The number of carbonyl (C=O) groups is 1. The molecule has 6 heteroatoms. The van der Waals surface area contributed by atoms with Crippen LogP contribution in [0.15, 0.2) is 45.6 Å². The van der Waals surface area contributed by atoms with E-state index in [0.29, 0.717) is 45.6 Å². The molecule has 1 aromatic heterocycles. The van der Waals surface area contributed by atoms with Gasteiger partial charge in [-0.05, 0) is 55.7 Å². The molecule has 2 N–H and O–H groups in total. The van der Waals surface area contributed by atoms with E-state index in [1.807, 2.05) is 24.3 Å². The van der Waals surface area contributed by atoms with Gasteiger partial charge >= 0.3 is 5.63 Å². The van der Waals surface area contributed by atoms with Crippen molar-refractivity contribution in [2.24, 2.45) is 0 Å². The van der Waals surface area contributed by atoms with E-state index < -0.39 is 5.63 Å². The van der Waals surface area contributed by atoms with Crippen LogP contribution in [-0.4, -0.2) is 17.6 Å². The third-order valence-electron chi connectivity index (χ3n) is 4.66. The minimum Gasteiger partial charge on any atom is -0.508 e. The molecular formula is C21H20ClNO4. The molecule has 0 bridgehead atoms. The van der Waals surface area contributed by atoms with Crippen molar-refractivity contribution in [3.05, 3.63) is 74.1 Å². The summed E-state index contributed by atoms with van der Waals surface area (Å²) in [7, 11) is 0. The monoisotopic (exact) mass is 385 g/mol. The first kappa shape index (κ1) is 19.0. The van der Waals surface area contributed by atoms with Gasteiger partial charge in [-0.3, -0.25) is 4.79 Å². The average Bonchev–Trinajstić information content (AvgIpc) is 2.64. The number of fused-ring (bicyclic) bond motifs is 1. The van der Waals surface area contributed by atoms with Gasteiger partial charge in [-0.2, -0.15) is 0 Å². The van der Waals surface area contributed by atoms with Crippen LogP contribution in [0.4, 0.5) is 0 Å². The van der Waals surface area contributed by atoms with Gasteiger partial charge in [-0.15, -0.1) is 0 Å². The summed E-state index contributed by atoms with van der Waals surface area (Å²) >= 11 is 5.85. The van der Waals surface area contributed by atoms with Crippen LogP contribution in [0.2, 0.25) is 5.02 Å². The van der Waals surface area contributed by atoms with Gasteiger partial charge in [-0.1, -0.05) is 23.7 Å². The second kappa shape index (κ2) is 7.84. The minimum atomic E-state index is -0.554. The Kier molecular flexibility index (Phi) is 5.51. The summed E-state index contributed by atoms with van der Waals surface area (Å²) in [6.07, 6.45) is 0.622. The second-order valence-corrected chi connectivity index (χ2v) is 6.92. The first-order valence-corrected chi connectivity index (χ1v) is 9.00. The summed E-state index contributed by atoms with van der Waals surface area (Å²) in [5.74, 6) is -0.174. The smallest absolute Gasteiger partial charge is 0.340 e. The number of hydrogen-bond donors (Lipinski definition) is 2. The summed E-state index contributed by atoms with van der Waals surface area (Å²) in [4.78, 5) is 24.6. The van der Waals surface area contributed by atoms with Crippen molar-refractivity contribution in [1.82, 2.24) is 5.32 Å². The highest BCUT2D eigenvalue weighted by Crippen LogP contribution is 2.28. The molecule has 0 atom stereocenters. The van der Waals surface area contributed by atoms with Crippen LogP contribution in [-0.2, 0) is 17.6 Å². The Balaban J connectivity index is 1.72. The summed E-state index contributed by atoms with van der Waals surface area (Å²) in [6, 6.07) is 10.7. The highest BCUT2D eigenvalue weighted by Gasteiger charge is 2.16. The average molecular weight is 386 g/mol. The standard InChI is InChI=1S/C21H20ClNO4/c1-12-16-7-8-18(24)13(2)20(16)27-21(26)17(12)11-19(25)23-10-9-14-3-5-15(22)6-4-14/h3-8,24H,9-11H2,1-2H3,(H,23,25). The first-order chi connectivity index (χ1) is 12.9. The zero-order valence-corrected chi connectivity index (χ0v) is 15.9. The lowest BCUT2D eigenvalue weighted by Crippen LogP contribution is -2.29. The predicted octanol–water partition coefficient (Wildman–Crippen LogP) is 3.67. The van der Waals surface area contributed by atoms with E-state index in [-0.39, 0.29) is 18.1 Å². The molecule has 0 aliphatic rings. The normalized spacial score (nSPS) is 10.9. The van der Waals surface area contributed by atoms with Crippen LogP contribution in [0.3, 0.4) is 0 Å². The highest BCUT2D eigenvalue weighted by molar-refractivity contribution is 6.30. The lowest BCUT2D eigenvalue weighted by Gasteiger charge is -2.10. The largest absolute Gasteiger partial charge is 0.508 e. The van der Waals surface area contributed by atoms with Crippen LogP contribution in [0.25, 0.3) is 11.0 Å². The number of amides is 1. The molecule has 0 aliphatic carbocycles. The molecule has 5 nitrogen and oxygen atoms in total. The van der Waals surface area contributed by atoms with Crippen molar-refractivity contribution in [2.45, 2.75) is 26.7 Å². The molecule has 1 heterocycles. The molecule has 3 rings (SSSR count). The number of aryl methyl sites for hydroxylation is 2. The maximum Gasteiger partial charge on any atom is 0.340 e. The first-order valence-electron chi connectivity index (χ1n) is 8.63. The number of benzene rings is 2. The number of rotatable bonds is 5. The molecule has 0 spiro atoms. The molecule has 2 aromatic carbocycles. The Hall–Kier alpha value is -2.79. The zero-order chi connectivity index (χ0) is 19.6. The molecule has 1 amide bonds. The number of halogens is 1. The Bertz CT molecular complexity index is 1050. The van der Waals surface area contributed by atoms with Gasteiger partial charge in [0.2, 0.25) is 5.91 Å². The molecule has 3 aromatic rings. The fourth-order valence-electron chi connectivity index (χ4n) is 3.00. The highest BCUT2D eigenvalue weighted by atomic mass is 35.5. The van der Waals surface area contributed by atoms with Crippen LogP contribution in [0, 0.1) is 13.8 Å². The van der Waals surface area contributed by atoms with Gasteiger partial charge in [0.15, 0.2) is 0 Å². The molecule has 27 heavy (non-hydrogen) atoms. The van der Waals surface area contributed by atoms with Crippen molar-refractivity contribution in [3.63, 3.8) is 0 Å². The van der Waals surface area contributed by atoms with Gasteiger partial charge in [0.05, 0.1) is 12.0 Å². The quantitative estimate of drug-likeness (QED) is 0.657. The third kappa shape index (κ3) is 4.14. The Morgan fingerprint density at radius 2 is 1.81 bits per heavy atom. The number of nitrogens with one attached hydrogen (secondary N) is 1. The van der Waals surface area contributed by atoms with Gasteiger partial charge in [-0.25, -0.2) is 4.79 Å². The van der Waals surface area contributed by atoms with Crippen LogP contribution < -0.4 is 10.9 Å². The SMILES string of the molecule is Cc1c(CC(=O)NCCc2ccc(Cl)cc2)c(=O)oc2c(C)c(O)ccc12. The molecule has 0 aliphatic heterocycles. The summed E-state index contributed by atoms with van der Waals surface area (Å²) in [5.41, 5.74) is 2.39. The lowest BCUT2D eigenvalue weighted by atomic mass is 10.0. The molecule has 0 saturated carbocycles. The van der Waals surface area contributed by atoms with E-state index in [0.717, 1.165) is 5.56 Å².